The van der Waals surface area contributed by atoms with Gasteiger partial charge in [0, 0.05) is 6.61 Å². The van der Waals surface area contributed by atoms with Crippen LogP contribution in [0.15, 0.2) is 12.2 Å². The minimum absolute atomic E-state index is 0.262. The maximum atomic E-state index is 10.1. The van der Waals surface area contributed by atoms with Crippen LogP contribution in [0.1, 0.15) is 110 Å². The molecular weight excluding hydrogens is 392 g/mol. The van der Waals surface area contributed by atoms with Crippen molar-refractivity contribution in [2.45, 2.75) is 134 Å². The Morgan fingerprint density at radius 3 is 1.90 bits per heavy atom. The maximum Gasteiger partial charge on any atom is 0.114 e. The van der Waals surface area contributed by atoms with Gasteiger partial charge in [0.15, 0.2) is 0 Å². The van der Waals surface area contributed by atoms with Crippen molar-refractivity contribution in [3.05, 3.63) is 12.2 Å². The van der Waals surface area contributed by atoms with Crippen molar-refractivity contribution in [2.75, 3.05) is 19.8 Å². The fraction of sp³-hybridized carbons (Fsp3) is 0.923. The smallest absolute Gasteiger partial charge is 0.114 e. The number of rotatable bonds is 21. The summed E-state index contributed by atoms with van der Waals surface area (Å²) >= 11 is 0. The lowest BCUT2D eigenvalue weighted by Crippen LogP contribution is -2.41. The second-order valence-corrected chi connectivity index (χ2v) is 9.09. The van der Waals surface area contributed by atoms with Crippen molar-refractivity contribution >= 4 is 0 Å². The molecule has 1 aliphatic rings. The van der Waals surface area contributed by atoms with Crippen LogP contribution < -0.4 is 0 Å². The van der Waals surface area contributed by atoms with Crippen LogP contribution in [0.5, 0.6) is 0 Å². The summed E-state index contributed by atoms with van der Waals surface area (Å²) < 4.78 is 11.0. The molecule has 184 valence electrons. The van der Waals surface area contributed by atoms with E-state index < -0.39 is 31.0 Å². The third-order valence-electron chi connectivity index (χ3n) is 6.22. The van der Waals surface area contributed by atoms with E-state index in [0.29, 0.717) is 6.61 Å². The lowest BCUT2D eigenvalue weighted by atomic mass is 10.0. The van der Waals surface area contributed by atoms with Gasteiger partial charge in [-0.15, -0.1) is 0 Å². The first-order chi connectivity index (χ1) is 15.2. The minimum Gasteiger partial charge on any atom is -0.394 e. The average molecular weight is 443 g/mol. The highest BCUT2D eigenvalue weighted by Crippen LogP contribution is 2.20. The zero-order valence-corrected chi connectivity index (χ0v) is 20.1. The topological polar surface area (TPSA) is 79.2 Å². The molecule has 5 heteroatoms. The molecule has 31 heavy (non-hydrogen) atoms. The van der Waals surface area contributed by atoms with E-state index in [1.165, 1.54) is 83.5 Å². The maximum absolute atomic E-state index is 10.1. The number of unbranched alkanes of at least 4 members (excludes halogenated alkanes) is 14. The van der Waals surface area contributed by atoms with Crippen LogP contribution in [0.3, 0.4) is 0 Å². The normalized spacial score (nSPS) is 22.5. The van der Waals surface area contributed by atoms with Crippen LogP contribution in [0.2, 0.25) is 0 Å². The van der Waals surface area contributed by atoms with E-state index in [1.807, 2.05) is 0 Å². The molecule has 0 aromatic heterocycles. The molecule has 5 nitrogen and oxygen atoms in total. The molecule has 1 fully saturated rings. The van der Waals surface area contributed by atoms with Crippen molar-refractivity contribution in [1.82, 2.24) is 0 Å². The standard InChI is InChI=1S/C26H50O5/c1-2-3-4-5-6-7-8-9-10-11-12-13-14-15-16-17-18-19-20-30-24-22-31-26(25(24)29)23(28)21-27/h16-17,23-29H,2-15,18-22H2,1H3/b17-16+/t23-,24+,25+,26+/m0/s1. The van der Waals surface area contributed by atoms with E-state index in [0.717, 1.165) is 19.3 Å². The SMILES string of the molecule is CCCCCCCCCCCCCCC/C=C/CCCO[C@@H]1CO[C@H]([C@@H](O)CO)[C@@H]1O. The summed E-state index contributed by atoms with van der Waals surface area (Å²) in [7, 11) is 0. The Kier molecular flexibility index (Phi) is 18.6. The quantitative estimate of drug-likeness (QED) is 0.166. The van der Waals surface area contributed by atoms with E-state index >= 15 is 0 Å². The van der Waals surface area contributed by atoms with Gasteiger partial charge >= 0.3 is 0 Å². The van der Waals surface area contributed by atoms with Gasteiger partial charge in [-0.3, -0.25) is 0 Å². The van der Waals surface area contributed by atoms with Gasteiger partial charge < -0.3 is 24.8 Å². The molecule has 3 N–H and O–H groups in total. The third kappa shape index (κ3) is 14.3. The van der Waals surface area contributed by atoms with Crippen LogP contribution in [-0.4, -0.2) is 59.6 Å². The van der Waals surface area contributed by atoms with Crippen LogP contribution in [0.25, 0.3) is 0 Å². The Hall–Kier alpha value is -0.460. The molecule has 0 spiro atoms. The Labute approximate surface area is 191 Å². The molecule has 0 aromatic rings. The van der Waals surface area contributed by atoms with Gasteiger partial charge in [-0.2, -0.15) is 0 Å². The molecule has 0 unspecified atom stereocenters. The number of ether oxygens (including phenoxy) is 2. The second-order valence-electron chi connectivity index (χ2n) is 9.09. The average Bonchev–Trinajstić information content (AvgIpc) is 3.15. The number of aliphatic hydroxyl groups is 3. The van der Waals surface area contributed by atoms with Crippen molar-refractivity contribution in [2.24, 2.45) is 0 Å². The van der Waals surface area contributed by atoms with Gasteiger partial charge in [0.25, 0.3) is 0 Å². The van der Waals surface area contributed by atoms with Crippen molar-refractivity contribution in [3.8, 4) is 0 Å². The zero-order chi connectivity index (χ0) is 22.6. The molecule has 0 bridgehead atoms. The molecule has 1 rings (SSSR count). The second kappa shape index (κ2) is 20.2. The molecular formula is C26H50O5. The van der Waals surface area contributed by atoms with Crippen LogP contribution in [-0.2, 0) is 9.47 Å². The van der Waals surface area contributed by atoms with Crippen LogP contribution >= 0.6 is 0 Å². The molecule has 1 heterocycles. The predicted molar refractivity (Wildman–Crippen MR) is 127 cm³/mol. The van der Waals surface area contributed by atoms with E-state index in [4.69, 9.17) is 14.6 Å². The van der Waals surface area contributed by atoms with E-state index in [1.54, 1.807) is 0 Å². The summed E-state index contributed by atoms with van der Waals surface area (Å²) in [5.74, 6) is 0. The molecule has 1 aliphatic heterocycles. The van der Waals surface area contributed by atoms with Gasteiger partial charge in [0.1, 0.15) is 24.4 Å². The van der Waals surface area contributed by atoms with Gasteiger partial charge in [0.2, 0.25) is 0 Å². The molecule has 4 atom stereocenters. The van der Waals surface area contributed by atoms with Crippen LogP contribution in [0.4, 0.5) is 0 Å². The lowest BCUT2D eigenvalue weighted by molar-refractivity contribution is -0.0729. The van der Waals surface area contributed by atoms with Crippen molar-refractivity contribution in [3.63, 3.8) is 0 Å². The summed E-state index contributed by atoms with van der Waals surface area (Å²) in [4.78, 5) is 0. The summed E-state index contributed by atoms with van der Waals surface area (Å²) in [6, 6.07) is 0. The van der Waals surface area contributed by atoms with Gasteiger partial charge in [-0.25, -0.2) is 0 Å². The summed E-state index contributed by atoms with van der Waals surface area (Å²) in [6.45, 7) is 2.69. The molecule has 0 amide bonds. The fourth-order valence-electron chi connectivity index (χ4n) is 4.16. The number of hydrogen-bond donors (Lipinski definition) is 3. The molecule has 1 saturated heterocycles. The Balaban J connectivity index is 1.81. The van der Waals surface area contributed by atoms with Crippen LogP contribution in [0, 0.1) is 0 Å². The Morgan fingerprint density at radius 1 is 0.839 bits per heavy atom. The number of aliphatic hydroxyl groups excluding tert-OH is 3. The van der Waals surface area contributed by atoms with Crippen molar-refractivity contribution < 1.29 is 24.8 Å². The highest BCUT2D eigenvalue weighted by atomic mass is 16.6. The first kappa shape index (κ1) is 28.6. The highest BCUT2D eigenvalue weighted by Gasteiger charge is 2.40. The number of allylic oxidation sites excluding steroid dienone is 2. The third-order valence-corrected chi connectivity index (χ3v) is 6.22. The monoisotopic (exact) mass is 442 g/mol. The molecule has 0 aliphatic carbocycles. The molecule has 0 aromatic carbocycles. The Bertz CT molecular complexity index is 415. The Morgan fingerprint density at radius 2 is 1.35 bits per heavy atom. The molecule has 0 saturated carbocycles. The van der Waals surface area contributed by atoms with Crippen molar-refractivity contribution in [1.29, 1.82) is 0 Å². The minimum atomic E-state index is -1.06. The van der Waals surface area contributed by atoms with E-state index in [2.05, 4.69) is 19.1 Å². The lowest BCUT2D eigenvalue weighted by Gasteiger charge is -2.20. The highest BCUT2D eigenvalue weighted by molar-refractivity contribution is 4.89. The van der Waals surface area contributed by atoms with E-state index in [9.17, 15) is 10.2 Å². The molecule has 0 radical (unpaired) electrons. The fourth-order valence-corrected chi connectivity index (χ4v) is 4.16. The van der Waals surface area contributed by atoms with E-state index in [-0.39, 0.29) is 6.61 Å². The summed E-state index contributed by atoms with van der Waals surface area (Å²) in [6.07, 6.45) is 22.6. The zero-order valence-electron chi connectivity index (χ0n) is 20.1. The summed E-state index contributed by atoms with van der Waals surface area (Å²) in [5, 5.41) is 28.6. The largest absolute Gasteiger partial charge is 0.394 e. The summed E-state index contributed by atoms with van der Waals surface area (Å²) in [5.41, 5.74) is 0. The first-order valence-corrected chi connectivity index (χ1v) is 13.1. The first-order valence-electron chi connectivity index (χ1n) is 13.1. The predicted octanol–water partition coefficient (Wildman–Crippen LogP) is 5.30. The van der Waals surface area contributed by atoms with Gasteiger partial charge in [0.05, 0.1) is 13.2 Å². The van der Waals surface area contributed by atoms with Gasteiger partial charge in [-0.1, -0.05) is 96.1 Å². The number of hydrogen-bond acceptors (Lipinski definition) is 5. The van der Waals surface area contributed by atoms with Gasteiger partial charge in [-0.05, 0) is 25.7 Å².